The summed E-state index contributed by atoms with van der Waals surface area (Å²) in [6.07, 6.45) is 6.03. The van der Waals surface area contributed by atoms with Gasteiger partial charge in [-0.2, -0.15) is 4.31 Å². The van der Waals surface area contributed by atoms with Crippen molar-refractivity contribution in [1.29, 1.82) is 0 Å². The summed E-state index contributed by atoms with van der Waals surface area (Å²) < 4.78 is 26.8. The highest BCUT2D eigenvalue weighted by molar-refractivity contribution is 7.89. The molecule has 1 N–H and O–H groups in total. The van der Waals surface area contributed by atoms with Crippen molar-refractivity contribution in [2.45, 2.75) is 38.0 Å². The molecule has 0 aromatic heterocycles. The molecule has 0 radical (unpaired) electrons. The maximum absolute atomic E-state index is 12.7. The number of rotatable bonds is 8. The fourth-order valence-corrected chi connectivity index (χ4v) is 3.17. The van der Waals surface area contributed by atoms with Gasteiger partial charge in [0.25, 0.3) is 0 Å². The minimum Gasteiger partial charge on any atom is -0.392 e. The smallest absolute Gasteiger partial charge is 0.244 e. The lowest BCUT2D eigenvalue weighted by molar-refractivity contribution is 0.342. The Balaban J connectivity index is 2.93. The van der Waals surface area contributed by atoms with Gasteiger partial charge in [0.2, 0.25) is 10.0 Å². The van der Waals surface area contributed by atoms with E-state index in [1.54, 1.807) is 30.3 Å². The van der Waals surface area contributed by atoms with Gasteiger partial charge in [-0.15, -0.1) is 5.92 Å². The highest BCUT2D eigenvalue weighted by atomic mass is 32.2. The summed E-state index contributed by atoms with van der Waals surface area (Å²) in [5.41, 5.74) is 1.01. The van der Waals surface area contributed by atoms with E-state index in [1.165, 1.54) is 10.4 Å². The first kappa shape index (κ1) is 19.4. The number of benzene rings is 1. The molecule has 0 aliphatic heterocycles. The number of aliphatic hydroxyl groups is 1. The molecule has 1 aromatic rings. The molecule has 0 saturated carbocycles. The third-order valence-corrected chi connectivity index (χ3v) is 5.10. The van der Waals surface area contributed by atoms with Gasteiger partial charge >= 0.3 is 0 Å². The zero-order valence-electron chi connectivity index (χ0n) is 13.8. The molecule has 1 aromatic carbocycles. The van der Waals surface area contributed by atoms with Crippen LogP contribution in [0.1, 0.15) is 31.7 Å². The van der Waals surface area contributed by atoms with E-state index >= 15 is 0 Å². The number of aryl methyl sites for hydroxylation is 1. The summed E-state index contributed by atoms with van der Waals surface area (Å²) in [5.74, 6) is 5.95. The van der Waals surface area contributed by atoms with Crippen molar-refractivity contribution < 1.29 is 13.5 Å². The molecule has 1 rings (SSSR count). The Morgan fingerprint density at radius 3 is 2.48 bits per heavy atom. The SMILES string of the molecule is CCCCC#CCN(C/C=C\CO)S(=O)(=O)c1ccc(C)cc1. The van der Waals surface area contributed by atoms with E-state index in [0.717, 1.165) is 24.8 Å². The van der Waals surface area contributed by atoms with Gasteiger partial charge in [0.05, 0.1) is 18.0 Å². The Morgan fingerprint density at radius 2 is 1.87 bits per heavy atom. The predicted molar refractivity (Wildman–Crippen MR) is 93.5 cm³/mol. The van der Waals surface area contributed by atoms with Crippen LogP contribution in [0.15, 0.2) is 41.3 Å². The number of sulfonamides is 1. The van der Waals surface area contributed by atoms with Crippen LogP contribution in [0.3, 0.4) is 0 Å². The Bertz CT molecular complexity index is 652. The van der Waals surface area contributed by atoms with Gasteiger partial charge < -0.3 is 5.11 Å². The Kier molecular flexibility index (Phi) is 8.64. The van der Waals surface area contributed by atoms with Crippen molar-refractivity contribution in [2.75, 3.05) is 19.7 Å². The number of hydrogen-bond acceptors (Lipinski definition) is 3. The van der Waals surface area contributed by atoms with Crippen LogP contribution in [-0.4, -0.2) is 37.5 Å². The zero-order valence-corrected chi connectivity index (χ0v) is 14.6. The largest absolute Gasteiger partial charge is 0.392 e. The quantitative estimate of drug-likeness (QED) is 0.451. The van der Waals surface area contributed by atoms with E-state index in [0.29, 0.717) is 0 Å². The van der Waals surface area contributed by atoms with Crippen molar-refractivity contribution in [1.82, 2.24) is 4.31 Å². The molecule has 126 valence electrons. The van der Waals surface area contributed by atoms with E-state index in [-0.39, 0.29) is 24.6 Å². The average Bonchev–Trinajstić information content (AvgIpc) is 2.53. The molecule has 5 heteroatoms. The molecule has 0 atom stereocenters. The summed E-state index contributed by atoms with van der Waals surface area (Å²) in [6.45, 7) is 4.24. The van der Waals surface area contributed by atoms with Crippen molar-refractivity contribution >= 4 is 10.0 Å². The second-order valence-electron chi connectivity index (χ2n) is 5.22. The summed E-state index contributed by atoms with van der Waals surface area (Å²) >= 11 is 0. The minimum atomic E-state index is -3.59. The van der Waals surface area contributed by atoms with Gasteiger partial charge in [-0.3, -0.25) is 0 Å². The lowest BCUT2D eigenvalue weighted by Gasteiger charge is -2.18. The van der Waals surface area contributed by atoms with E-state index in [2.05, 4.69) is 18.8 Å². The lowest BCUT2D eigenvalue weighted by Crippen LogP contribution is -2.31. The van der Waals surface area contributed by atoms with Crippen molar-refractivity contribution in [3.05, 3.63) is 42.0 Å². The van der Waals surface area contributed by atoms with Crippen LogP contribution in [0.4, 0.5) is 0 Å². The second-order valence-corrected chi connectivity index (χ2v) is 7.16. The standard InChI is InChI=1S/C18H25NO3S/c1-3-4-5-6-7-14-19(15-8-9-16-20)23(21,22)18-12-10-17(2)11-13-18/h8-13,20H,3-5,14-16H2,1-2H3/b9-8-. The molecule has 0 fully saturated rings. The first-order valence-electron chi connectivity index (χ1n) is 7.80. The monoisotopic (exact) mass is 335 g/mol. The van der Waals surface area contributed by atoms with Crippen LogP contribution in [-0.2, 0) is 10.0 Å². The van der Waals surface area contributed by atoms with Crippen LogP contribution in [0, 0.1) is 18.8 Å². The van der Waals surface area contributed by atoms with Crippen molar-refractivity contribution in [3.8, 4) is 11.8 Å². The second kappa shape index (κ2) is 10.2. The van der Waals surface area contributed by atoms with Crippen LogP contribution < -0.4 is 0 Å². The molecule has 0 unspecified atom stereocenters. The normalized spacial score (nSPS) is 11.7. The van der Waals surface area contributed by atoms with E-state index in [4.69, 9.17) is 5.11 Å². The van der Waals surface area contributed by atoms with Gasteiger partial charge in [0.15, 0.2) is 0 Å². The van der Waals surface area contributed by atoms with Crippen LogP contribution in [0.5, 0.6) is 0 Å². The third kappa shape index (κ3) is 6.57. The average molecular weight is 335 g/mol. The first-order valence-corrected chi connectivity index (χ1v) is 9.24. The van der Waals surface area contributed by atoms with Gasteiger partial charge in [0.1, 0.15) is 0 Å². The summed E-state index contributed by atoms with van der Waals surface area (Å²) in [5, 5.41) is 8.82. The molecular formula is C18H25NO3S. The highest BCUT2D eigenvalue weighted by Crippen LogP contribution is 2.16. The molecule has 4 nitrogen and oxygen atoms in total. The first-order chi connectivity index (χ1) is 11.0. The minimum absolute atomic E-state index is 0.111. The summed E-state index contributed by atoms with van der Waals surface area (Å²) in [7, 11) is -3.59. The molecule has 0 aliphatic carbocycles. The Labute approximate surface area is 139 Å². The molecule has 0 spiro atoms. The maximum atomic E-state index is 12.7. The van der Waals surface area contributed by atoms with E-state index < -0.39 is 10.0 Å². The molecular weight excluding hydrogens is 310 g/mol. The molecule has 0 bridgehead atoms. The third-order valence-electron chi connectivity index (χ3n) is 3.28. The zero-order chi connectivity index (χ0) is 17.1. The van der Waals surface area contributed by atoms with Crippen molar-refractivity contribution in [2.24, 2.45) is 0 Å². The number of unbranched alkanes of at least 4 members (excludes halogenated alkanes) is 2. The van der Waals surface area contributed by atoms with Crippen LogP contribution in [0.25, 0.3) is 0 Å². The van der Waals surface area contributed by atoms with E-state index in [1.807, 2.05) is 6.92 Å². The van der Waals surface area contributed by atoms with Crippen LogP contribution >= 0.6 is 0 Å². The molecule has 0 amide bonds. The Morgan fingerprint density at radius 1 is 1.17 bits per heavy atom. The highest BCUT2D eigenvalue weighted by Gasteiger charge is 2.22. The summed E-state index contributed by atoms with van der Waals surface area (Å²) in [6, 6.07) is 6.78. The van der Waals surface area contributed by atoms with E-state index in [9.17, 15) is 8.42 Å². The molecule has 0 heterocycles. The molecule has 23 heavy (non-hydrogen) atoms. The van der Waals surface area contributed by atoms with Gasteiger partial charge in [-0.05, 0) is 25.5 Å². The topological polar surface area (TPSA) is 57.6 Å². The predicted octanol–water partition coefficient (Wildman–Crippen LogP) is 2.73. The van der Waals surface area contributed by atoms with Gasteiger partial charge in [-0.1, -0.05) is 49.1 Å². The number of hydrogen-bond donors (Lipinski definition) is 1. The van der Waals surface area contributed by atoms with Crippen LogP contribution in [0.2, 0.25) is 0 Å². The maximum Gasteiger partial charge on any atom is 0.244 e. The number of aliphatic hydroxyl groups excluding tert-OH is 1. The van der Waals surface area contributed by atoms with Crippen molar-refractivity contribution in [3.63, 3.8) is 0 Å². The van der Waals surface area contributed by atoms with Gasteiger partial charge in [0, 0.05) is 13.0 Å². The number of nitrogens with zero attached hydrogens (tertiary/aromatic N) is 1. The molecule has 0 saturated heterocycles. The van der Waals surface area contributed by atoms with Gasteiger partial charge in [-0.25, -0.2) is 8.42 Å². The summed E-state index contributed by atoms with van der Waals surface area (Å²) in [4.78, 5) is 0.260. The lowest BCUT2D eigenvalue weighted by atomic mass is 10.2. The Hall–Kier alpha value is -1.61. The molecule has 0 aliphatic rings. The fraction of sp³-hybridized carbons (Fsp3) is 0.444. The fourth-order valence-electron chi connectivity index (χ4n) is 1.87.